The van der Waals surface area contributed by atoms with Crippen molar-refractivity contribution >= 4 is 29.9 Å². The molecular weight excluding hydrogens is 359 g/mol. The third-order valence-electron chi connectivity index (χ3n) is 4.48. The van der Waals surface area contributed by atoms with Gasteiger partial charge in [-0.15, -0.1) is 12.4 Å². The van der Waals surface area contributed by atoms with Crippen LogP contribution in [0.2, 0.25) is 0 Å². The van der Waals surface area contributed by atoms with Crippen LogP contribution in [-0.4, -0.2) is 55.5 Å². The average molecular weight is 387 g/mol. The molecule has 0 aromatic heterocycles. The van der Waals surface area contributed by atoms with Crippen LogP contribution in [0.1, 0.15) is 20.3 Å². The van der Waals surface area contributed by atoms with Crippen LogP contribution in [0.5, 0.6) is 0 Å². The summed E-state index contributed by atoms with van der Waals surface area (Å²) in [7, 11) is 0. The fourth-order valence-corrected chi connectivity index (χ4v) is 2.74. The van der Waals surface area contributed by atoms with E-state index in [-0.39, 0.29) is 42.4 Å². The third-order valence-corrected chi connectivity index (χ3v) is 4.48. The molecule has 1 fully saturated rings. The number of anilines is 1. The SMILES string of the molecule is CC(C)[C@H](N)C(=O)NCCC(=O)N1CCN(c2ccc(F)cc2)CC1.Cl. The number of hydrogen-bond acceptors (Lipinski definition) is 4. The molecule has 0 aliphatic carbocycles. The second-order valence-corrected chi connectivity index (χ2v) is 6.66. The number of hydrogen-bond donors (Lipinski definition) is 2. The van der Waals surface area contributed by atoms with Gasteiger partial charge in [0, 0.05) is 44.8 Å². The highest BCUT2D eigenvalue weighted by Gasteiger charge is 2.22. The van der Waals surface area contributed by atoms with Gasteiger partial charge in [-0.3, -0.25) is 9.59 Å². The highest BCUT2D eigenvalue weighted by atomic mass is 35.5. The summed E-state index contributed by atoms with van der Waals surface area (Å²) in [5.41, 5.74) is 6.72. The number of rotatable bonds is 6. The fraction of sp³-hybridized carbons (Fsp3) is 0.556. The van der Waals surface area contributed by atoms with Crippen molar-refractivity contribution in [1.82, 2.24) is 10.2 Å². The lowest BCUT2D eigenvalue weighted by Crippen LogP contribution is -2.50. The van der Waals surface area contributed by atoms with Crippen molar-refractivity contribution in [3.63, 3.8) is 0 Å². The number of nitrogens with zero attached hydrogens (tertiary/aromatic N) is 2. The molecule has 0 spiro atoms. The van der Waals surface area contributed by atoms with Crippen LogP contribution in [0.15, 0.2) is 24.3 Å². The van der Waals surface area contributed by atoms with Crippen molar-refractivity contribution in [2.45, 2.75) is 26.3 Å². The summed E-state index contributed by atoms with van der Waals surface area (Å²) in [5, 5.41) is 2.72. The predicted octanol–water partition coefficient (Wildman–Crippen LogP) is 1.39. The van der Waals surface area contributed by atoms with Crippen LogP contribution in [-0.2, 0) is 9.59 Å². The zero-order valence-corrected chi connectivity index (χ0v) is 16.1. The molecule has 0 saturated carbocycles. The van der Waals surface area contributed by atoms with E-state index in [1.165, 1.54) is 12.1 Å². The van der Waals surface area contributed by atoms with Gasteiger partial charge >= 0.3 is 0 Å². The molecule has 1 aromatic carbocycles. The number of benzene rings is 1. The lowest BCUT2D eigenvalue weighted by molar-refractivity contribution is -0.131. The van der Waals surface area contributed by atoms with Gasteiger partial charge in [-0.1, -0.05) is 13.8 Å². The molecule has 146 valence electrons. The van der Waals surface area contributed by atoms with E-state index in [4.69, 9.17) is 5.73 Å². The van der Waals surface area contributed by atoms with Gasteiger partial charge in [0.1, 0.15) is 5.82 Å². The Morgan fingerprint density at radius 2 is 1.73 bits per heavy atom. The maximum absolute atomic E-state index is 13.0. The van der Waals surface area contributed by atoms with Gasteiger partial charge in [0.2, 0.25) is 11.8 Å². The molecule has 0 unspecified atom stereocenters. The standard InChI is InChI=1S/C18H27FN4O2.ClH/c1-13(2)17(20)18(25)21-8-7-16(24)23-11-9-22(10-12-23)15-5-3-14(19)4-6-15;/h3-6,13,17H,7-12,20H2,1-2H3,(H,21,25);1H/t17-;/m0./s1. The van der Waals surface area contributed by atoms with Gasteiger partial charge in [0.15, 0.2) is 0 Å². The maximum atomic E-state index is 13.0. The molecule has 1 saturated heterocycles. The molecular formula is C18H28ClFN4O2. The number of carbonyl (C=O) groups is 2. The smallest absolute Gasteiger partial charge is 0.237 e. The number of nitrogens with two attached hydrogens (primary N) is 1. The van der Waals surface area contributed by atoms with E-state index in [2.05, 4.69) is 10.2 Å². The number of carbonyl (C=O) groups excluding carboxylic acids is 2. The quantitative estimate of drug-likeness (QED) is 0.774. The van der Waals surface area contributed by atoms with Gasteiger partial charge in [0.25, 0.3) is 0 Å². The molecule has 3 N–H and O–H groups in total. The largest absolute Gasteiger partial charge is 0.368 e. The normalized spacial score (nSPS) is 15.4. The molecule has 2 rings (SSSR count). The molecule has 1 aliphatic heterocycles. The molecule has 6 nitrogen and oxygen atoms in total. The van der Waals surface area contributed by atoms with Crippen LogP contribution < -0.4 is 16.0 Å². The number of nitrogens with one attached hydrogen (secondary N) is 1. The Morgan fingerprint density at radius 1 is 1.15 bits per heavy atom. The molecule has 0 radical (unpaired) electrons. The maximum Gasteiger partial charge on any atom is 0.237 e. The Morgan fingerprint density at radius 3 is 2.27 bits per heavy atom. The van der Waals surface area contributed by atoms with Gasteiger partial charge in [-0.05, 0) is 30.2 Å². The highest BCUT2D eigenvalue weighted by Crippen LogP contribution is 2.17. The number of amides is 2. The summed E-state index contributed by atoms with van der Waals surface area (Å²) in [5.74, 6) is -0.381. The lowest BCUT2D eigenvalue weighted by Gasteiger charge is -2.36. The minimum Gasteiger partial charge on any atom is -0.368 e. The summed E-state index contributed by atoms with van der Waals surface area (Å²) in [6.45, 7) is 6.73. The van der Waals surface area contributed by atoms with Crippen molar-refractivity contribution in [3.8, 4) is 0 Å². The van der Waals surface area contributed by atoms with E-state index >= 15 is 0 Å². The van der Waals surface area contributed by atoms with Crippen molar-refractivity contribution in [1.29, 1.82) is 0 Å². The van der Waals surface area contributed by atoms with Gasteiger partial charge < -0.3 is 20.9 Å². The first kappa shape index (κ1) is 22.2. The molecule has 1 aliphatic rings. The van der Waals surface area contributed by atoms with Gasteiger partial charge in [0.05, 0.1) is 6.04 Å². The average Bonchev–Trinajstić information content (AvgIpc) is 2.61. The van der Waals surface area contributed by atoms with Crippen LogP contribution in [0, 0.1) is 11.7 Å². The lowest BCUT2D eigenvalue weighted by atomic mass is 10.1. The molecule has 8 heteroatoms. The van der Waals surface area contributed by atoms with E-state index < -0.39 is 6.04 Å². The first-order valence-electron chi connectivity index (χ1n) is 8.70. The zero-order valence-electron chi connectivity index (χ0n) is 15.3. The molecule has 1 heterocycles. The summed E-state index contributed by atoms with van der Waals surface area (Å²) in [6.07, 6.45) is 0.271. The molecule has 1 atom stereocenters. The first-order chi connectivity index (χ1) is 11.9. The fourth-order valence-electron chi connectivity index (χ4n) is 2.74. The van der Waals surface area contributed by atoms with E-state index in [0.717, 1.165) is 5.69 Å². The summed E-state index contributed by atoms with van der Waals surface area (Å²) >= 11 is 0. The molecule has 26 heavy (non-hydrogen) atoms. The van der Waals surface area contributed by atoms with Crippen molar-refractivity contribution in [3.05, 3.63) is 30.1 Å². The van der Waals surface area contributed by atoms with Crippen LogP contribution in [0.25, 0.3) is 0 Å². The van der Waals surface area contributed by atoms with Crippen LogP contribution in [0.4, 0.5) is 10.1 Å². The molecule has 2 amide bonds. The third kappa shape index (κ3) is 6.14. The highest BCUT2D eigenvalue weighted by molar-refractivity contribution is 5.85. The predicted molar refractivity (Wildman–Crippen MR) is 103 cm³/mol. The first-order valence-corrected chi connectivity index (χ1v) is 8.70. The Labute approximate surface area is 160 Å². The van der Waals surface area contributed by atoms with Crippen molar-refractivity contribution in [2.24, 2.45) is 11.7 Å². The Bertz CT molecular complexity index is 589. The second kappa shape index (κ2) is 10.3. The minimum atomic E-state index is -0.547. The van der Waals surface area contributed by atoms with Crippen molar-refractivity contribution in [2.75, 3.05) is 37.6 Å². The van der Waals surface area contributed by atoms with E-state index in [0.29, 0.717) is 32.7 Å². The summed E-state index contributed by atoms with van der Waals surface area (Å²) in [6, 6.07) is 5.84. The number of piperazine rings is 1. The monoisotopic (exact) mass is 386 g/mol. The van der Waals surface area contributed by atoms with E-state index in [1.54, 1.807) is 17.0 Å². The van der Waals surface area contributed by atoms with Gasteiger partial charge in [-0.25, -0.2) is 4.39 Å². The molecule has 1 aromatic rings. The second-order valence-electron chi connectivity index (χ2n) is 6.66. The summed E-state index contributed by atoms with van der Waals surface area (Å²) < 4.78 is 13.0. The van der Waals surface area contributed by atoms with E-state index in [9.17, 15) is 14.0 Å². The topological polar surface area (TPSA) is 78.7 Å². The Kier molecular flexibility index (Phi) is 8.81. The van der Waals surface area contributed by atoms with Crippen LogP contribution in [0.3, 0.4) is 0 Å². The van der Waals surface area contributed by atoms with Gasteiger partial charge in [-0.2, -0.15) is 0 Å². The number of halogens is 2. The Balaban J connectivity index is 0.00000338. The Hall–Kier alpha value is -1.86. The minimum absolute atomic E-state index is 0. The molecule has 0 bridgehead atoms. The summed E-state index contributed by atoms with van der Waals surface area (Å²) in [4.78, 5) is 27.9. The van der Waals surface area contributed by atoms with Crippen molar-refractivity contribution < 1.29 is 14.0 Å². The van der Waals surface area contributed by atoms with Crippen LogP contribution >= 0.6 is 12.4 Å². The zero-order chi connectivity index (χ0) is 18.4. The van der Waals surface area contributed by atoms with E-state index in [1.807, 2.05) is 13.8 Å².